The highest BCUT2D eigenvalue weighted by atomic mass is 35.5. The summed E-state index contributed by atoms with van der Waals surface area (Å²) in [6.45, 7) is 0. The minimum absolute atomic E-state index is 0.0777. The highest BCUT2D eigenvalue weighted by Crippen LogP contribution is 2.36. The van der Waals surface area contributed by atoms with E-state index >= 15 is 0 Å². The van der Waals surface area contributed by atoms with Gasteiger partial charge in [-0.3, -0.25) is 9.38 Å². The number of aromatic nitrogens is 3. The molecule has 0 spiro atoms. The standard InChI is InChI=1S/C19H15ClN4O2/c1-26-16-10-12(2-7-15(16)25)18-19(22-14-5-3-13(20)4-6-14)24-9-8-21-11-17(24)23-18/h2-11,22,25H,1H3. The van der Waals surface area contributed by atoms with Gasteiger partial charge in [0.15, 0.2) is 17.1 Å². The van der Waals surface area contributed by atoms with E-state index in [0.29, 0.717) is 22.1 Å². The summed E-state index contributed by atoms with van der Waals surface area (Å²) in [5, 5.41) is 13.9. The number of ether oxygens (including phenoxy) is 1. The lowest BCUT2D eigenvalue weighted by Crippen LogP contribution is -1.97. The second-order valence-corrected chi connectivity index (χ2v) is 6.07. The van der Waals surface area contributed by atoms with E-state index in [1.807, 2.05) is 34.9 Å². The van der Waals surface area contributed by atoms with Crippen LogP contribution in [0.1, 0.15) is 0 Å². The van der Waals surface area contributed by atoms with Crippen molar-refractivity contribution in [2.45, 2.75) is 0 Å². The lowest BCUT2D eigenvalue weighted by Gasteiger charge is -2.10. The van der Waals surface area contributed by atoms with Crippen molar-refractivity contribution in [3.63, 3.8) is 0 Å². The molecule has 2 heterocycles. The molecule has 0 fully saturated rings. The lowest BCUT2D eigenvalue weighted by molar-refractivity contribution is 0.373. The molecule has 4 aromatic rings. The Kier molecular flexibility index (Phi) is 4.10. The van der Waals surface area contributed by atoms with Crippen LogP contribution in [0.2, 0.25) is 5.02 Å². The molecule has 26 heavy (non-hydrogen) atoms. The van der Waals surface area contributed by atoms with Gasteiger partial charge in [0.2, 0.25) is 0 Å². The minimum atomic E-state index is 0.0777. The number of aromatic hydroxyl groups is 1. The van der Waals surface area contributed by atoms with Crippen molar-refractivity contribution in [2.75, 3.05) is 12.4 Å². The molecule has 0 atom stereocenters. The van der Waals surface area contributed by atoms with Gasteiger partial charge in [-0.05, 0) is 42.5 Å². The highest BCUT2D eigenvalue weighted by molar-refractivity contribution is 6.30. The van der Waals surface area contributed by atoms with Gasteiger partial charge in [0.1, 0.15) is 11.5 Å². The molecule has 0 aliphatic rings. The number of nitrogens with one attached hydrogen (secondary N) is 1. The predicted octanol–water partition coefficient (Wildman–Crippen LogP) is 4.51. The first-order valence-corrected chi connectivity index (χ1v) is 8.25. The van der Waals surface area contributed by atoms with Crippen molar-refractivity contribution in [1.82, 2.24) is 14.4 Å². The molecule has 0 saturated carbocycles. The van der Waals surface area contributed by atoms with Gasteiger partial charge < -0.3 is 15.2 Å². The average Bonchev–Trinajstić information content (AvgIpc) is 3.02. The topological polar surface area (TPSA) is 71.7 Å². The molecule has 130 valence electrons. The number of hydrogen-bond donors (Lipinski definition) is 2. The number of phenols is 1. The lowest BCUT2D eigenvalue weighted by atomic mass is 10.1. The quantitative estimate of drug-likeness (QED) is 0.556. The summed E-state index contributed by atoms with van der Waals surface area (Å²) >= 11 is 5.97. The Hall–Kier alpha value is -3.25. The minimum Gasteiger partial charge on any atom is -0.504 e. The summed E-state index contributed by atoms with van der Waals surface area (Å²) in [4.78, 5) is 8.81. The Bertz CT molecular complexity index is 1080. The first-order valence-electron chi connectivity index (χ1n) is 7.88. The number of hydrogen-bond acceptors (Lipinski definition) is 5. The maximum absolute atomic E-state index is 9.86. The summed E-state index contributed by atoms with van der Waals surface area (Å²) in [5.74, 6) is 1.24. The zero-order valence-electron chi connectivity index (χ0n) is 13.8. The van der Waals surface area contributed by atoms with Crippen molar-refractivity contribution in [3.8, 4) is 22.8 Å². The summed E-state index contributed by atoms with van der Waals surface area (Å²) in [7, 11) is 1.51. The monoisotopic (exact) mass is 366 g/mol. The highest BCUT2D eigenvalue weighted by Gasteiger charge is 2.16. The molecule has 7 heteroatoms. The number of methoxy groups -OCH3 is 1. The van der Waals surface area contributed by atoms with E-state index in [2.05, 4.69) is 15.3 Å². The fourth-order valence-electron chi connectivity index (χ4n) is 2.72. The van der Waals surface area contributed by atoms with Gasteiger partial charge in [0, 0.05) is 28.7 Å². The molecule has 2 aromatic carbocycles. The van der Waals surface area contributed by atoms with Gasteiger partial charge in [-0.1, -0.05) is 11.6 Å². The van der Waals surface area contributed by atoms with Crippen LogP contribution in [0.4, 0.5) is 11.5 Å². The number of rotatable bonds is 4. The molecule has 2 aromatic heterocycles. The molecule has 6 nitrogen and oxygen atoms in total. The maximum atomic E-state index is 9.86. The molecule has 0 unspecified atom stereocenters. The second-order valence-electron chi connectivity index (χ2n) is 5.63. The third-order valence-electron chi connectivity index (χ3n) is 3.99. The van der Waals surface area contributed by atoms with Crippen molar-refractivity contribution in [1.29, 1.82) is 0 Å². The normalized spacial score (nSPS) is 10.8. The van der Waals surface area contributed by atoms with E-state index in [4.69, 9.17) is 16.3 Å². The third-order valence-corrected chi connectivity index (χ3v) is 4.24. The van der Waals surface area contributed by atoms with E-state index in [0.717, 1.165) is 17.1 Å². The van der Waals surface area contributed by atoms with Gasteiger partial charge in [-0.15, -0.1) is 0 Å². The van der Waals surface area contributed by atoms with Crippen LogP contribution in [0.3, 0.4) is 0 Å². The Morgan fingerprint density at radius 3 is 2.73 bits per heavy atom. The van der Waals surface area contributed by atoms with Crippen LogP contribution < -0.4 is 10.1 Å². The fraction of sp³-hybridized carbons (Fsp3) is 0.0526. The molecule has 2 N–H and O–H groups in total. The van der Waals surface area contributed by atoms with Gasteiger partial charge in [0.25, 0.3) is 0 Å². The zero-order valence-corrected chi connectivity index (χ0v) is 14.6. The molecule has 0 bridgehead atoms. The summed E-state index contributed by atoms with van der Waals surface area (Å²) in [6.07, 6.45) is 5.22. The fourth-order valence-corrected chi connectivity index (χ4v) is 2.85. The number of imidazole rings is 1. The van der Waals surface area contributed by atoms with Gasteiger partial charge >= 0.3 is 0 Å². The van der Waals surface area contributed by atoms with Gasteiger partial charge in [-0.2, -0.15) is 0 Å². The number of benzene rings is 2. The summed E-state index contributed by atoms with van der Waals surface area (Å²) in [6, 6.07) is 12.5. The van der Waals surface area contributed by atoms with Crippen LogP contribution >= 0.6 is 11.6 Å². The molecule has 4 rings (SSSR count). The molecule has 0 aliphatic carbocycles. The number of fused-ring (bicyclic) bond motifs is 1. The van der Waals surface area contributed by atoms with E-state index < -0.39 is 0 Å². The summed E-state index contributed by atoms with van der Waals surface area (Å²) < 4.78 is 7.13. The maximum Gasteiger partial charge on any atom is 0.161 e. The van der Waals surface area contributed by atoms with Crippen LogP contribution in [-0.4, -0.2) is 26.6 Å². The molecule has 0 aliphatic heterocycles. The van der Waals surface area contributed by atoms with Crippen molar-refractivity contribution in [3.05, 3.63) is 66.1 Å². The van der Waals surface area contributed by atoms with Gasteiger partial charge in [0.05, 0.1) is 13.3 Å². The van der Waals surface area contributed by atoms with E-state index in [-0.39, 0.29) is 5.75 Å². The van der Waals surface area contributed by atoms with Crippen LogP contribution in [0.25, 0.3) is 16.9 Å². The van der Waals surface area contributed by atoms with Crippen LogP contribution in [0.15, 0.2) is 61.1 Å². The largest absolute Gasteiger partial charge is 0.504 e. The van der Waals surface area contributed by atoms with Crippen molar-refractivity contribution in [2.24, 2.45) is 0 Å². The Morgan fingerprint density at radius 1 is 1.15 bits per heavy atom. The number of nitrogens with zero attached hydrogens (tertiary/aromatic N) is 3. The van der Waals surface area contributed by atoms with E-state index in [9.17, 15) is 5.11 Å². The smallest absolute Gasteiger partial charge is 0.161 e. The van der Waals surface area contributed by atoms with E-state index in [1.54, 1.807) is 30.6 Å². The zero-order chi connectivity index (χ0) is 18.1. The molecule has 0 radical (unpaired) electrons. The van der Waals surface area contributed by atoms with Crippen molar-refractivity contribution >= 4 is 28.8 Å². The Morgan fingerprint density at radius 2 is 1.96 bits per heavy atom. The van der Waals surface area contributed by atoms with Gasteiger partial charge in [-0.25, -0.2) is 4.98 Å². The number of phenolic OH excluding ortho intramolecular Hbond substituents is 1. The summed E-state index contributed by atoms with van der Waals surface area (Å²) in [5.41, 5.74) is 3.09. The average molecular weight is 367 g/mol. The third kappa shape index (κ3) is 2.91. The molecular weight excluding hydrogens is 352 g/mol. The van der Waals surface area contributed by atoms with Crippen LogP contribution in [0.5, 0.6) is 11.5 Å². The number of halogens is 1. The Balaban J connectivity index is 1.87. The molecule has 0 saturated heterocycles. The van der Waals surface area contributed by atoms with E-state index in [1.165, 1.54) is 7.11 Å². The van der Waals surface area contributed by atoms with Crippen LogP contribution in [-0.2, 0) is 0 Å². The number of anilines is 2. The van der Waals surface area contributed by atoms with Crippen LogP contribution in [0, 0.1) is 0 Å². The molecule has 0 amide bonds. The SMILES string of the molecule is COc1cc(-c2nc3cnccn3c2Nc2ccc(Cl)cc2)ccc1O. The Labute approximate surface area is 154 Å². The molecular formula is C19H15ClN4O2. The second kappa shape index (κ2) is 6.57. The first-order chi connectivity index (χ1) is 12.7. The first kappa shape index (κ1) is 16.2. The predicted molar refractivity (Wildman–Crippen MR) is 101 cm³/mol. The van der Waals surface area contributed by atoms with Crippen molar-refractivity contribution < 1.29 is 9.84 Å².